The van der Waals surface area contributed by atoms with Crippen molar-refractivity contribution in [3.05, 3.63) is 52.8 Å². The first-order valence-electron chi connectivity index (χ1n) is 5.42. The number of nitrogens with two attached hydrogens (primary N) is 1. The van der Waals surface area contributed by atoms with Gasteiger partial charge in [0.25, 0.3) is 5.91 Å². The summed E-state index contributed by atoms with van der Waals surface area (Å²) >= 11 is 5.90. The summed E-state index contributed by atoms with van der Waals surface area (Å²) in [7, 11) is 0. The quantitative estimate of drug-likeness (QED) is 0.922. The molecule has 0 unspecified atom stereocenters. The number of hydrogen-bond acceptors (Lipinski definition) is 2. The van der Waals surface area contributed by atoms with Gasteiger partial charge in [0, 0.05) is 22.3 Å². The summed E-state index contributed by atoms with van der Waals surface area (Å²) in [6, 6.07) is 5.77. The number of rotatable bonds is 2. The third-order valence-corrected chi connectivity index (χ3v) is 2.95. The number of benzene rings is 1. The van der Waals surface area contributed by atoms with Crippen molar-refractivity contribution in [2.24, 2.45) is 5.73 Å². The maximum Gasteiger partial charge on any atom is 0.416 e. The topological polar surface area (TPSA) is 56.0 Å². The average molecular weight is 301 g/mol. The van der Waals surface area contributed by atoms with Crippen molar-refractivity contribution in [1.29, 1.82) is 0 Å². The summed E-state index contributed by atoms with van der Waals surface area (Å²) in [6.07, 6.45) is -3.21. The molecule has 0 bridgehead atoms. The van der Waals surface area contributed by atoms with Crippen molar-refractivity contribution in [3.63, 3.8) is 0 Å². The zero-order chi connectivity index (χ0) is 14.9. The minimum Gasteiger partial charge on any atom is -0.364 e. The summed E-state index contributed by atoms with van der Waals surface area (Å²) in [5.41, 5.74) is 4.80. The molecule has 0 atom stereocenters. The van der Waals surface area contributed by atoms with E-state index in [0.717, 1.165) is 12.1 Å². The normalized spacial score (nSPS) is 11.4. The average Bonchev–Trinajstić information content (AvgIpc) is 2.38. The van der Waals surface area contributed by atoms with Gasteiger partial charge >= 0.3 is 6.18 Å². The standard InChI is InChI=1S/C13H8ClF3N2O/c14-10-3-2-8(13(15,16)17)5-9(10)7-1-4-11(12(18)20)19-6-7/h1-6H,(H2,18,20). The lowest BCUT2D eigenvalue weighted by molar-refractivity contribution is -0.137. The number of carbonyl (C=O) groups is 1. The molecule has 2 rings (SSSR count). The fourth-order valence-electron chi connectivity index (χ4n) is 1.62. The number of nitrogens with zero attached hydrogens (tertiary/aromatic N) is 1. The number of amides is 1. The van der Waals surface area contributed by atoms with Gasteiger partial charge in [-0.15, -0.1) is 0 Å². The van der Waals surface area contributed by atoms with E-state index in [-0.39, 0.29) is 16.3 Å². The van der Waals surface area contributed by atoms with E-state index in [1.807, 2.05) is 0 Å². The Hall–Kier alpha value is -2.08. The fourth-order valence-corrected chi connectivity index (χ4v) is 1.85. The van der Waals surface area contributed by atoms with Crippen molar-refractivity contribution in [2.75, 3.05) is 0 Å². The third kappa shape index (κ3) is 2.91. The van der Waals surface area contributed by atoms with Gasteiger partial charge in [-0.2, -0.15) is 13.2 Å². The molecule has 3 nitrogen and oxygen atoms in total. The van der Waals surface area contributed by atoms with E-state index in [1.165, 1.54) is 24.4 Å². The van der Waals surface area contributed by atoms with Crippen molar-refractivity contribution in [2.45, 2.75) is 6.18 Å². The number of aromatic nitrogens is 1. The van der Waals surface area contributed by atoms with Crippen LogP contribution in [0.1, 0.15) is 16.1 Å². The smallest absolute Gasteiger partial charge is 0.364 e. The van der Waals surface area contributed by atoms with Gasteiger partial charge in [0.1, 0.15) is 5.69 Å². The number of pyridine rings is 1. The molecular formula is C13H8ClF3N2O. The Bertz CT molecular complexity index is 654. The van der Waals surface area contributed by atoms with Crippen LogP contribution in [0.4, 0.5) is 13.2 Å². The number of alkyl halides is 3. The molecule has 0 radical (unpaired) electrons. The predicted octanol–water partition coefficient (Wildman–Crippen LogP) is 3.52. The van der Waals surface area contributed by atoms with Crippen LogP contribution in [0.2, 0.25) is 5.02 Å². The lowest BCUT2D eigenvalue weighted by Crippen LogP contribution is -2.12. The Morgan fingerprint density at radius 2 is 1.90 bits per heavy atom. The second kappa shape index (κ2) is 5.13. The molecule has 1 aromatic carbocycles. The molecule has 1 aromatic heterocycles. The molecule has 1 heterocycles. The van der Waals surface area contributed by atoms with Crippen molar-refractivity contribution in [1.82, 2.24) is 4.98 Å². The van der Waals surface area contributed by atoms with Gasteiger partial charge in [-0.05, 0) is 24.3 Å². The van der Waals surface area contributed by atoms with Crippen LogP contribution in [0.25, 0.3) is 11.1 Å². The SMILES string of the molecule is NC(=O)c1ccc(-c2cc(C(F)(F)F)ccc2Cl)cn1. The van der Waals surface area contributed by atoms with E-state index in [9.17, 15) is 18.0 Å². The molecule has 2 N–H and O–H groups in total. The minimum atomic E-state index is -4.46. The Kier molecular flexibility index (Phi) is 3.67. The van der Waals surface area contributed by atoms with Crippen LogP contribution in [0, 0.1) is 0 Å². The van der Waals surface area contributed by atoms with Gasteiger partial charge in [0.2, 0.25) is 0 Å². The highest BCUT2D eigenvalue weighted by atomic mass is 35.5. The minimum absolute atomic E-state index is 0.0249. The monoisotopic (exact) mass is 300 g/mol. The molecule has 2 aromatic rings. The second-order valence-corrected chi connectivity index (χ2v) is 4.40. The number of carbonyl (C=O) groups excluding carboxylic acids is 1. The molecule has 0 saturated heterocycles. The van der Waals surface area contributed by atoms with Crippen LogP contribution in [0.3, 0.4) is 0 Å². The van der Waals surface area contributed by atoms with Gasteiger partial charge < -0.3 is 5.73 Å². The summed E-state index contributed by atoms with van der Waals surface area (Å²) in [6.45, 7) is 0. The highest BCUT2D eigenvalue weighted by Crippen LogP contribution is 2.35. The number of halogens is 4. The molecule has 1 amide bonds. The van der Waals surface area contributed by atoms with E-state index in [2.05, 4.69) is 4.98 Å². The van der Waals surface area contributed by atoms with Crippen LogP contribution < -0.4 is 5.73 Å². The summed E-state index contributed by atoms with van der Waals surface area (Å²) in [5.74, 6) is -0.716. The molecule has 0 saturated carbocycles. The molecule has 0 aliphatic rings. The Morgan fingerprint density at radius 1 is 1.20 bits per heavy atom. The zero-order valence-electron chi connectivity index (χ0n) is 9.91. The number of primary amides is 1. The molecular weight excluding hydrogens is 293 g/mol. The van der Waals surface area contributed by atoms with Crippen LogP contribution in [0.15, 0.2) is 36.5 Å². The van der Waals surface area contributed by atoms with E-state index in [1.54, 1.807) is 0 Å². The first kappa shape index (κ1) is 14.3. The van der Waals surface area contributed by atoms with Crippen LogP contribution in [-0.2, 0) is 6.18 Å². The Balaban J connectivity index is 2.49. The lowest BCUT2D eigenvalue weighted by atomic mass is 10.0. The molecule has 20 heavy (non-hydrogen) atoms. The Labute approximate surface area is 117 Å². The summed E-state index contributed by atoms with van der Waals surface area (Å²) < 4.78 is 38.0. The van der Waals surface area contributed by atoms with Gasteiger partial charge in [-0.25, -0.2) is 0 Å². The Morgan fingerprint density at radius 3 is 2.40 bits per heavy atom. The van der Waals surface area contributed by atoms with E-state index < -0.39 is 17.6 Å². The first-order valence-corrected chi connectivity index (χ1v) is 5.80. The van der Waals surface area contributed by atoms with Crippen molar-refractivity contribution >= 4 is 17.5 Å². The molecule has 0 aliphatic carbocycles. The fraction of sp³-hybridized carbons (Fsp3) is 0.0769. The predicted molar refractivity (Wildman–Crippen MR) is 68.2 cm³/mol. The van der Waals surface area contributed by atoms with Gasteiger partial charge in [-0.1, -0.05) is 17.7 Å². The molecule has 104 valence electrons. The van der Waals surface area contributed by atoms with E-state index in [0.29, 0.717) is 5.56 Å². The van der Waals surface area contributed by atoms with Crippen LogP contribution >= 0.6 is 11.6 Å². The second-order valence-electron chi connectivity index (χ2n) is 3.99. The highest BCUT2D eigenvalue weighted by molar-refractivity contribution is 6.33. The highest BCUT2D eigenvalue weighted by Gasteiger charge is 2.31. The summed E-state index contributed by atoms with van der Waals surface area (Å²) in [5, 5.41) is 0.159. The van der Waals surface area contributed by atoms with Gasteiger partial charge in [0.05, 0.1) is 5.56 Å². The maximum atomic E-state index is 12.7. The van der Waals surface area contributed by atoms with Crippen molar-refractivity contribution in [3.8, 4) is 11.1 Å². The third-order valence-electron chi connectivity index (χ3n) is 2.62. The lowest BCUT2D eigenvalue weighted by Gasteiger charge is -2.10. The van der Waals surface area contributed by atoms with Gasteiger partial charge in [-0.3, -0.25) is 9.78 Å². The van der Waals surface area contributed by atoms with Gasteiger partial charge in [0.15, 0.2) is 0 Å². The van der Waals surface area contributed by atoms with E-state index >= 15 is 0 Å². The first-order chi connectivity index (χ1) is 9.29. The zero-order valence-corrected chi connectivity index (χ0v) is 10.7. The maximum absolute atomic E-state index is 12.7. The van der Waals surface area contributed by atoms with Crippen LogP contribution in [0.5, 0.6) is 0 Å². The van der Waals surface area contributed by atoms with Crippen molar-refractivity contribution < 1.29 is 18.0 Å². The summed E-state index contributed by atoms with van der Waals surface area (Å²) in [4.78, 5) is 14.7. The van der Waals surface area contributed by atoms with Crippen LogP contribution in [-0.4, -0.2) is 10.9 Å². The molecule has 7 heteroatoms. The molecule has 0 aliphatic heterocycles. The van der Waals surface area contributed by atoms with E-state index in [4.69, 9.17) is 17.3 Å². The molecule has 0 spiro atoms. The largest absolute Gasteiger partial charge is 0.416 e. The molecule has 0 fully saturated rings. The number of hydrogen-bond donors (Lipinski definition) is 1.